The molecule has 0 aromatic rings. The number of nitrogens with zero attached hydrogens (tertiary/aromatic N) is 1. The van der Waals surface area contributed by atoms with Crippen LogP contribution in [0.15, 0.2) is 0 Å². The molecule has 0 heterocycles. The quantitative estimate of drug-likeness (QED) is 0.522. The van der Waals surface area contributed by atoms with Gasteiger partial charge in [-0.3, -0.25) is 0 Å². The molecule has 0 saturated carbocycles. The summed E-state index contributed by atoms with van der Waals surface area (Å²) in [5, 5.41) is 3.37. The minimum absolute atomic E-state index is 1.07. The van der Waals surface area contributed by atoms with Gasteiger partial charge in [-0.15, -0.1) is 0 Å². The van der Waals surface area contributed by atoms with Crippen LogP contribution in [0.4, 0.5) is 0 Å². The van der Waals surface area contributed by atoms with Crippen LogP contribution < -0.4 is 5.32 Å². The molecule has 0 saturated heterocycles. The van der Waals surface area contributed by atoms with Gasteiger partial charge in [0.2, 0.25) is 0 Å². The normalized spacial score (nSPS) is 9.58. The Bertz CT molecular complexity index is 122. The van der Waals surface area contributed by atoms with Crippen molar-refractivity contribution in [2.24, 2.45) is 0 Å². The zero-order chi connectivity index (χ0) is 9.40. The fourth-order valence-corrected chi connectivity index (χ4v) is 1.75. The van der Waals surface area contributed by atoms with Crippen molar-refractivity contribution in [3.05, 3.63) is 0 Å². The molecule has 0 unspecified atom stereocenters. The van der Waals surface area contributed by atoms with Gasteiger partial charge in [0.1, 0.15) is 0 Å². The Kier molecular flexibility index (Phi) is 7.62. The third kappa shape index (κ3) is 4.78. The Morgan fingerprint density at radius 3 is 2.25 bits per heavy atom. The molecule has 0 spiro atoms. The molecule has 0 rings (SSSR count). The molecule has 12 heavy (non-hydrogen) atoms. The van der Waals surface area contributed by atoms with E-state index in [-0.39, 0.29) is 0 Å². The van der Waals surface area contributed by atoms with Gasteiger partial charge in [-0.2, -0.15) is 0 Å². The van der Waals surface area contributed by atoms with Gasteiger partial charge in [0.05, 0.1) is 0 Å². The van der Waals surface area contributed by atoms with E-state index in [4.69, 9.17) is 0 Å². The van der Waals surface area contributed by atoms with Crippen molar-refractivity contribution in [3.8, 4) is 0 Å². The van der Waals surface area contributed by atoms with Crippen LogP contribution >= 0.6 is 0 Å². The van der Waals surface area contributed by atoms with E-state index in [0.29, 0.717) is 0 Å². The van der Waals surface area contributed by atoms with E-state index in [1.807, 2.05) is 0 Å². The van der Waals surface area contributed by atoms with E-state index in [1.165, 1.54) is 17.5 Å². The van der Waals surface area contributed by atoms with E-state index < -0.39 is 0 Å². The molecule has 0 fully saturated rings. The summed E-state index contributed by atoms with van der Waals surface area (Å²) in [6.07, 6.45) is 2.49. The van der Waals surface area contributed by atoms with E-state index in [0.717, 1.165) is 19.6 Å². The van der Waals surface area contributed by atoms with Crippen LogP contribution in [-0.2, 0) is 0 Å². The second-order valence-corrected chi connectivity index (χ2v) is 3.57. The van der Waals surface area contributed by atoms with Crippen LogP contribution in [0, 0.1) is 0 Å². The molecule has 0 aliphatic carbocycles. The molecular formula is C9H20N2Se. The average Bonchev–Trinajstić information content (AvgIpc) is 2.07. The van der Waals surface area contributed by atoms with Gasteiger partial charge in [-0.25, -0.2) is 0 Å². The van der Waals surface area contributed by atoms with Crippen molar-refractivity contribution >= 4 is 20.2 Å². The maximum absolute atomic E-state index is 3.37. The summed E-state index contributed by atoms with van der Waals surface area (Å²) in [4.78, 5) is 2.29. The molecule has 0 atom stereocenters. The Balaban J connectivity index is 3.54. The van der Waals surface area contributed by atoms with Crippen LogP contribution in [-0.4, -0.2) is 44.8 Å². The number of nitrogens with one attached hydrogen (secondary N) is 1. The summed E-state index contributed by atoms with van der Waals surface area (Å²) in [6, 6.07) is 0. The molecule has 0 amide bonds. The molecule has 0 aliphatic heterocycles. The van der Waals surface area contributed by atoms with Gasteiger partial charge in [-0.1, -0.05) is 0 Å². The predicted molar refractivity (Wildman–Crippen MR) is 56.6 cm³/mol. The average molecular weight is 235 g/mol. The van der Waals surface area contributed by atoms with E-state index in [1.54, 1.807) is 0 Å². The van der Waals surface area contributed by atoms with Gasteiger partial charge in [-0.05, 0) is 0 Å². The third-order valence-corrected chi connectivity index (χ3v) is 2.70. The SMILES string of the molecule is CCCCNC(=[Se])N(CC)CC. The number of hydrogen-bond donors (Lipinski definition) is 1. The third-order valence-electron chi connectivity index (χ3n) is 1.86. The van der Waals surface area contributed by atoms with Gasteiger partial charge in [0.25, 0.3) is 0 Å². The second-order valence-electron chi connectivity index (χ2n) is 2.76. The Morgan fingerprint density at radius 2 is 1.83 bits per heavy atom. The second kappa shape index (κ2) is 7.63. The zero-order valence-corrected chi connectivity index (χ0v) is 10.1. The monoisotopic (exact) mass is 236 g/mol. The summed E-state index contributed by atoms with van der Waals surface area (Å²) in [5.41, 5.74) is 0. The maximum atomic E-state index is 3.37. The standard InChI is InChI=1S/C9H20N2Se/c1-4-7-8-10-9(12)11(5-2)6-3/h4-8H2,1-3H3,(H,10,12). The van der Waals surface area contributed by atoms with Crippen molar-refractivity contribution in [1.82, 2.24) is 10.2 Å². The summed E-state index contributed by atoms with van der Waals surface area (Å²) >= 11 is 3.07. The Hall–Kier alpha value is -0.0105. The van der Waals surface area contributed by atoms with Crippen LogP contribution in [0.2, 0.25) is 0 Å². The van der Waals surface area contributed by atoms with Crippen LogP contribution in [0.25, 0.3) is 0 Å². The van der Waals surface area contributed by atoms with Crippen LogP contribution in [0.5, 0.6) is 0 Å². The molecule has 3 heteroatoms. The topological polar surface area (TPSA) is 15.3 Å². The summed E-state index contributed by atoms with van der Waals surface area (Å²) in [6.45, 7) is 9.76. The van der Waals surface area contributed by atoms with Crippen molar-refractivity contribution in [2.75, 3.05) is 19.6 Å². The first-order valence-electron chi connectivity index (χ1n) is 4.79. The number of hydrogen-bond acceptors (Lipinski definition) is 2. The molecule has 1 N–H and O–H groups in total. The minimum atomic E-state index is 1.07. The predicted octanol–water partition coefficient (Wildman–Crippen LogP) is 0.974. The molecular weight excluding hydrogens is 215 g/mol. The van der Waals surface area contributed by atoms with Gasteiger partial charge < -0.3 is 0 Å². The van der Waals surface area contributed by atoms with Crippen LogP contribution in [0.1, 0.15) is 33.6 Å². The molecule has 0 radical (unpaired) electrons. The summed E-state index contributed by atoms with van der Waals surface area (Å²) < 4.78 is 1.19. The fraction of sp³-hybridized carbons (Fsp3) is 0.889. The Labute approximate surface area is 84.1 Å². The Morgan fingerprint density at radius 1 is 1.25 bits per heavy atom. The first kappa shape index (κ1) is 12.0. The van der Waals surface area contributed by atoms with Crippen molar-refractivity contribution < 1.29 is 0 Å². The van der Waals surface area contributed by atoms with Gasteiger partial charge in [0.15, 0.2) is 0 Å². The molecule has 0 aromatic heterocycles. The molecule has 0 bridgehead atoms. The van der Waals surface area contributed by atoms with Crippen LogP contribution in [0.3, 0.4) is 0 Å². The number of unbranched alkanes of at least 4 members (excludes halogenated alkanes) is 1. The zero-order valence-electron chi connectivity index (χ0n) is 8.39. The van der Waals surface area contributed by atoms with Crippen molar-refractivity contribution in [2.45, 2.75) is 33.6 Å². The molecule has 0 aliphatic rings. The van der Waals surface area contributed by atoms with Crippen molar-refractivity contribution in [1.29, 1.82) is 0 Å². The van der Waals surface area contributed by atoms with E-state index in [9.17, 15) is 0 Å². The summed E-state index contributed by atoms with van der Waals surface area (Å²) in [5.74, 6) is 0. The number of rotatable bonds is 7. The first-order valence-corrected chi connectivity index (χ1v) is 5.64. The fourth-order valence-electron chi connectivity index (χ4n) is 0.995. The molecule has 2 nitrogen and oxygen atoms in total. The van der Waals surface area contributed by atoms with Crippen molar-refractivity contribution in [3.63, 3.8) is 0 Å². The first-order chi connectivity index (χ1) is 5.76. The molecule has 72 valence electrons. The van der Waals surface area contributed by atoms with Gasteiger partial charge >= 0.3 is 83.7 Å². The van der Waals surface area contributed by atoms with Gasteiger partial charge in [0, 0.05) is 0 Å². The molecule has 0 aromatic carbocycles. The summed E-state index contributed by atoms with van der Waals surface area (Å²) in [7, 11) is 0. The van der Waals surface area contributed by atoms with E-state index >= 15 is 0 Å². The van der Waals surface area contributed by atoms with E-state index in [2.05, 4.69) is 46.6 Å².